The number of nitriles is 1. The monoisotopic (exact) mass is 231 g/mol. The zero-order chi connectivity index (χ0) is 12.1. The molecule has 2 N–H and O–H groups in total. The quantitative estimate of drug-likeness (QED) is 0.782. The third kappa shape index (κ3) is 3.30. The van der Waals surface area contributed by atoms with Gasteiger partial charge >= 0.3 is 0 Å². The van der Waals surface area contributed by atoms with Crippen LogP contribution in [0.5, 0.6) is 0 Å². The van der Waals surface area contributed by atoms with Crippen LogP contribution in [0.25, 0.3) is 0 Å². The van der Waals surface area contributed by atoms with Crippen LogP contribution in [0.4, 0.5) is 10.1 Å². The SMILES string of the molecule is N#Cc1cc(F)cc(NCC2=CCNCC2)c1. The Hall–Kier alpha value is -1.86. The first-order valence-corrected chi connectivity index (χ1v) is 5.61. The summed E-state index contributed by atoms with van der Waals surface area (Å²) in [7, 11) is 0. The van der Waals surface area contributed by atoms with Crippen LogP contribution in [0.1, 0.15) is 12.0 Å². The average Bonchev–Trinajstić information content (AvgIpc) is 2.37. The minimum atomic E-state index is -0.383. The van der Waals surface area contributed by atoms with Crippen LogP contribution in [0.3, 0.4) is 0 Å². The van der Waals surface area contributed by atoms with Crippen molar-refractivity contribution in [3.8, 4) is 6.07 Å². The average molecular weight is 231 g/mol. The molecule has 1 heterocycles. The van der Waals surface area contributed by atoms with Crippen LogP contribution in [0.15, 0.2) is 29.8 Å². The molecule has 0 aromatic heterocycles. The van der Waals surface area contributed by atoms with E-state index in [0.717, 1.165) is 19.5 Å². The van der Waals surface area contributed by atoms with E-state index < -0.39 is 0 Å². The van der Waals surface area contributed by atoms with Crippen molar-refractivity contribution in [1.29, 1.82) is 5.26 Å². The van der Waals surface area contributed by atoms with Crippen molar-refractivity contribution < 1.29 is 4.39 Å². The van der Waals surface area contributed by atoms with E-state index in [1.807, 2.05) is 6.07 Å². The Kier molecular flexibility index (Phi) is 3.73. The molecule has 3 nitrogen and oxygen atoms in total. The molecule has 0 fully saturated rings. The lowest BCUT2D eigenvalue weighted by molar-refractivity contribution is 0.627. The second-order valence-corrected chi connectivity index (χ2v) is 4.01. The van der Waals surface area contributed by atoms with Crippen molar-refractivity contribution >= 4 is 5.69 Å². The first kappa shape index (κ1) is 11.6. The fourth-order valence-corrected chi connectivity index (χ4v) is 1.80. The number of rotatable bonds is 3. The van der Waals surface area contributed by atoms with Gasteiger partial charge in [-0.3, -0.25) is 0 Å². The molecule has 0 amide bonds. The predicted octanol–water partition coefficient (Wildman–Crippen LogP) is 2.03. The highest BCUT2D eigenvalue weighted by Crippen LogP contribution is 2.14. The molecule has 0 spiro atoms. The molecule has 0 aliphatic carbocycles. The summed E-state index contributed by atoms with van der Waals surface area (Å²) in [5.41, 5.74) is 2.30. The predicted molar refractivity (Wildman–Crippen MR) is 65.2 cm³/mol. The summed E-state index contributed by atoms with van der Waals surface area (Å²) in [5, 5.41) is 15.1. The summed E-state index contributed by atoms with van der Waals surface area (Å²) >= 11 is 0. The number of hydrogen-bond acceptors (Lipinski definition) is 3. The smallest absolute Gasteiger partial charge is 0.126 e. The van der Waals surface area contributed by atoms with Crippen LogP contribution >= 0.6 is 0 Å². The maximum atomic E-state index is 13.2. The van der Waals surface area contributed by atoms with Gasteiger partial charge in [0.1, 0.15) is 5.82 Å². The van der Waals surface area contributed by atoms with Crippen molar-refractivity contribution in [1.82, 2.24) is 5.32 Å². The Labute approximate surface area is 99.9 Å². The summed E-state index contributed by atoms with van der Waals surface area (Å²) in [5.74, 6) is -0.383. The molecule has 1 aromatic rings. The standard InChI is InChI=1S/C13H14FN3/c14-12-5-11(8-15)6-13(7-12)17-9-10-1-3-16-4-2-10/h1,5-7,16-17H,2-4,9H2. The Bertz CT molecular complexity index is 474. The van der Waals surface area contributed by atoms with Gasteiger partial charge in [-0.15, -0.1) is 0 Å². The Morgan fingerprint density at radius 1 is 1.41 bits per heavy atom. The van der Waals surface area contributed by atoms with Gasteiger partial charge in [0, 0.05) is 18.8 Å². The molecular weight excluding hydrogens is 217 g/mol. The Morgan fingerprint density at radius 2 is 2.29 bits per heavy atom. The van der Waals surface area contributed by atoms with Crippen molar-refractivity contribution in [2.75, 3.05) is 25.0 Å². The van der Waals surface area contributed by atoms with Gasteiger partial charge in [0.05, 0.1) is 11.6 Å². The molecule has 1 aliphatic rings. The molecule has 88 valence electrons. The lowest BCUT2D eigenvalue weighted by atomic mass is 10.1. The van der Waals surface area contributed by atoms with Crippen LogP contribution < -0.4 is 10.6 Å². The zero-order valence-corrected chi connectivity index (χ0v) is 9.46. The third-order valence-corrected chi connectivity index (χ3v) is 2.70. The molecule has 0 atom stereocenters. The molecule has 1 aliphatic heterocycles. The summed E-state index contributed by atoms with van der Waals surface area (Å²) in [6.45, 7) is 2.58. The number of benzene rings is 1. The van der Waals surface area contributed by atoms with Crippen LogP contribution in [0.2, 0.25) is 0 Å². The molecule has 17 heavy (non-hydrogen) atoms. The highest BCUT2D eigenvalue weighted by Gasteiger charge is 2.04. The minimum absolute atomic E-state index is 0.340. The van der Waals surface area contributed by atoms with E-state index in [1.54, 1.807) is 6.07 Å². The van der Waals surface area contributed by atoms with E-state index in [2.05, 4.69) is 16.7 Å². The highest BCUT2D eigenvalue weighted by atomic mass is 19.1. The van der Waals surface area contributed by atoms with Gasteiger partial charge in [-0.05, 0) is 31.2 Å². The van der Waals surface area contributed by atoms with E-state index >= 15 is 0 Å². The summed E-state index contributed by atoms with van der Waals surface area (Å²) in [6, 6.07) is 6.24. The molecule has 4 heteroatoms. The van der Waals surface area contributed by atoms with E-state index in [0.29, 0.717) is 17.8 Å². The van der Waals surface area contributed by atoms with Gasteiger partial charge in [-0.25, -0.2) is 4.39 Å². The first-order chi connectivity index (χ1) is 8.28. The first-order valence-electron chi connectivity index (χ1n) is 5.61. The summed E-state index contributed by atoms with van der Waals surface area (Å²) < 4.78 is 13.2. The van der Waals surface area contributed by atoms with E-state index in [9.17, 15) is 4.39 Å². The van der Waals surface area contributed by atoms with Gasteiger partial charge in [-0.1, -0.05) is 11.6 Å². The fraction of sp³-hybridized carbons (Fsp3) is 0.308. The number of halogens is 1. The molecule has 1 aromatic carbocycles. The van der Waals surface area contributed by atoms with Crippen molar-refractivity contribution in [3.05, 3.63) is 41.2 Å². The molecule has 0 unspecified atom stereocenters. The Morgan fingerprint density at radius 3 is 3.00 bits per heavy atom. The molecule has 0 saturated carbocycles. The van der Waals surface area contributed by atoms with Crippen LogP contribution in [-0.4, -0.2) is 19.6 Å². The van der Waals surface area contributed by atoms with Gasteiger partial charge in [0.15, 0.2) is 0 Å². The maximum absolute atomic E-state index is 13.2. The summed E-state index contributed by atoms with van der Waals surface area (Å²) in [6.07, 6.45) is 3.15. The van der Waals surface area contributed by atoms with Crippen molar-refractivity contribution in [2.45, 2.75) is 6.42 Å². The number of hydrogen-bond donors (Lipinski definition) is 2. The van der Waals surface area contributed by atoms with Crippen LogP contribution in [-0.2, 0) is 0 Å². The van der Waals surface area contributed by atoms with Crippen molar-refractivity contribution in [3.63, 3.8) is 0 Å². The van der Waals surface area contributed by atoms with Gasteiger partial charge in [-0.2, -0.15) is 5.26 Å². The normalized spacial score (nSPS) is 14.9. The second-order valence-electron chi connectivity index (χ2n) is 4.01. The van der Waals surface area contributed by atoms with Gasteiger partial charge in [0.25, 0.3) is 0 Å². The molecule has 2 rings (SSSR count). The van der Waals surface area contributed by atoms with Gasteiger partial charge < -0.3 is 10.6 Å². The number of anilines is 1. The molecule has 0 bridgehead atoms. The van der Waals surface area contributed by atoms with E-state index in [1.165, 1.54) is 17.7 Å². The van der Waals surface area contributed by atoms with Crippen LogP contribution in [0, 0.1) is 17.1 Å². The molecule has 0 radical (unpaired) electrons. The third-order valence-electron chi connectivity index (χ3n) is 2.70. The maximum Gasteiger partial charge on any atom is 0.126 e. The van der Waals surface area contributed by atoms with E-state index in [-0.39, 0.29) is 5.82 Å². The number of nitrogens with zero attached hydrogens (tertiary/aromatic N) is 1. The van der Waals surface area contributed by atoms with Gasteiger partial charge in [0.2, 0.25) is 0 Å². The number of nitrogens with one attached hydrogen (secondary N) is 2. The lowest BCUT2D eigenvalue weighted by Crippen LogP contribution is -2.23. The molecular formula is C13H14FN3. The topological polar surface area (TPSA) is 47.9 Å². The van der Waals surface area contributed by atoms with Crippen molar-refractivity contribution in [2.24, 2.45) is 0 Å². The fourth-order valence-electron chi connectivity index (χ4n) is 1.80. The minimum Gasteiger partial charge on any atom is -0.381 e. The van der Waals surface area contributed by atoms with E-state index in [4.69, 9.17) is 5.26 Å². The highest BCUT2D eigenvalue weighted by molar-refractivity contribution is 5.50. The Balaban J connectivity index is 2.01. The largest absolute Gasteiger partial charge is 0.381 e. The molecule has 0 saturated heterocycles. The summed E-state index contributed by atoms with van der Waals surface area (Å²) in [4.78, 5) is 0. The second kappa shape index (κ2) is 5.46. The lowest BCUT2D eigenvalue weighted by Gasteiger charge is -2.15. The zero-order valence-electron chi connectivity index (χ0n) is 9.46.